The normalized spacial score (nSPS) is 16.2. The van der Waals surface area contributed by atoms with Crippen molar-refractivity contribution in [3.63, 3.8) is 0 Å². The van der Waals surface area contributed by atoms with E-state index < -0.39 is 0 Å². The first kappa shape index (κ1) is 16.8. The minimum atomic E-state index is -0.115. The van der Waals surface area contributed by atoms with E-state index in [1.54, 1.807) is 4.90 Å². The van der Waals surface area contributed by atoms with Gasteiger partial charge in [0.2, 0.25) is 0 Å². The molecule has 0 bridgehead atoms. The Labute approximate surface area is 143 Å². The molecule has 2 aromatic rings. The highest BCUT2D eigenvalue weighted by Crippen LogP contribution is 2.32. The minimum Gasteiger partial charge on any atom is -0.396 e. The van der Waals surface area contributed by atoms with Gasteiger partial charge in [-0.25, -0.2) is 0 Å². The molecule has 1 saturated carbocycles. The molecule has 4 heteroatoms. The van der Waals surface area contributed by atoms with Crippen LogP contribution in [0.1, 0.15) is 60.2 Å². The first-order valence-electron chi connectivity index (χ1n) is 8.82. The zero-order valence-corrected chi connectivity index (χ0v) is 14.3. The van der Waals surface area contributed by atoms with Gasteiger partial charge in [0.25, 0.3) is 5.91 Å². The van der Waals surface area contributed by atoms with E-state index in [1.807, 2.05) is 55.7 Å². The van der Waals surface area contributed by atoms with Gasteiger partial charge in [-0.3, -0.25) is 4.79 Å². The number of hydrogen-bond donors (Lipinski definition) is 1. The van der Waals surface area contributed by atoms with Gasteiger partial charge in [0, 0.05) is 25.9 Å². The van der Waals surface area contributed by atoms with Crippen molar-refractivity contribution < 1.29 is 9.90 Å². The number of hydrogen-bond acceptors (Lipinski definition) is 2. The summed E-state index contributed by atoms with van der Waals surface area (Å²) >= 11 is 0. The van der Waals surface area contributed by atoms with Gasteiger partial charge >= 0.3 is 0 Å². The number of aliphatic hydroxyl groups excluding tert-OH is 1. The molecule has 0 aliphatic heterocycles. The molecular weight excluding hydrogens is 300 g/mol. The zero-order chi connectivity index (χ0) is 16.9. The van der Waals surface area contributed by atoms with E-state index >= 15 is 0 Å². The lowest BCUT2D eigenvalue weighted by Gasteiger charge is -2.29. The van der Waals surface area contributed by atoms with Gasteiger partial charge in [-0.1, -0.05) is 43.2 Å². The Bertz CT molecular complexity index is 659. The summed E-state index contributed by atoms with van der Waals surface area (Å²) in [5.74, 6) is 0.0224. The Balaban J connectivity index is 1.84. The maximum atomic E-state index is 13.1. The molecule has 1 aromatic heterocycles. The fraction of sp³-hybridized carbons (Fsp3) is 0.450. The first-order valence-corrected chi connectivity index (χ1v) is 8.82. The van der Waals surface area contributed by atoms with Crippen LogP contribution in [0.4, 0.5) is 0 Å². The molecule has 1 amide bonds. The van der Waals surface area contributed by atoms with Gasteiger partial charge in [-0.15, -0.1) is 0 Å². The second-order valence-electron chi connectivity index (χ2n) is 6.59. The van der Waals surface area contributed by atoms with E-state index in [1.165, 1.54) is 12.8 Å². The van der Waals surface area contributed by atoms with E-state index in [2.05, 4.69) is 4.57 Å². The average molecular weight is 326 g/mol. The molecule has 1 fully saturated rings. The van der Waals surface area contributed by atoms with Gasteiger partial charge in [-0.2, -0.15) is 0 Å². The van der Waals surface area contributed by atoms with Crippen LogP contribution >= 0.6 is 0 Å². The van der Waals surface area contributed by atoms with E-state index in [-0.39, 0.29) is 18.6 Å². The van der Waals surface area contributed by atoms with Crippen molar-refractivity contribution in [2.24, 2.45) is 0 Å². The summed E-state index contributed by atoms with van der Waals surface area (Å²) in [6.45, 7) is 0.0564. The number of amides is 1. The lowest BCUT2D eigenvalue weighted by molar-refractivity contribution is 0.0692. The lowest BCUT2D eigenvalue weighted by atomic mass is 10.0. The van der Waals surface area contributed by atoms with Gasteiger partial charge in [-0.05, 0) is 37.0 Å². The SMILES string of the molecule is CN(C(=O)c1cccn1C1CCCC1)C(CCO)c1ccccc1. The summed E-state index contributed by atoms with van der Waals surface area (Å²) in [5.41, 5.74) is 1.81. The molecular formula is C20H26N2O2. The third-order valence-corrected chi connectivity index (χ3v) is 5.09. The largest absolute Gasteiger partial charge is 0.396 e. The van der Waals surface area contributed by atoms with Crippen LogP contribution < -0.4 is 0 Å². The molecule has 1 aliphatic carbocycles. The molecule has 4 nitrogen and oxygen atoms in total. The average Bonchev–Trinajstić information content (AvgIpc) is 3.29. The molecule has 1 aromatic carbocycles. The molecule has 1 aliphatic rings. The van der Waals surface area contributed by atoms with Crippen LogP contribution in [0.5, 0.6) is 0 Å². The Morgan fingerprint density at radius 1 is 1.21 bits per heavy atom. The van der Waals surface area contributed by atoms with Gasteiger partial charge in [0.15, 0.2) is 0 Å². The molecule has 1 atom stereocenters. The van der Waals surface area contributed by atoms with E-state index in [9.17, 15) is 9.90 Å². The molecule has 1 heterocycles. The predicted molar refractivity (Wildman–Crippen MR) is 94.9 cm³/mol. The van der Waals surface area contributed by atoms with Crippen molar-refractivity contribution in [1.82, 2.24) is 9.47 Å². The topological polar surface area (TPSA) is 45.5 Å². The van der Waals surface area contributed by atoms with Crippen LogP contribution in [-0.2, 0) is 0 Å². The van der Waals surface area contributed by atoms with Crippen LogP contribution in [0.3, 0.4) is 0 Å². The third kappa shape index (κ3) is 3.39. The quantitative estimate of drug-likeness (QED) is 0.877. The smallest absolute Gasteiger partial charge is 0.270 e. The maximum Gasteiger partial charge on any atom is 0.270 e. The number of aromatic nitrogens is 1. The fourth-order valence-electron chi connectivity index (χ4n) is 3.78. The molecule has 3 rings (SSSR count). The highest BCUT2D eigenvalue weighted by molar-refractivity contribution is 5.93. The Morgan fingerprint density at radius 2 is 1.92 bits per heavy atom. The summed E-state index contributed by atoms with van der Waals surface area (Å²) in [6.07, 6.45) is 7.35. The molecule has 0 spiro atoms. The summed E-state index contributed by atoms with van der Waals surface area (Å²) in [6, 6.07) is 14.1. The van der Waals surface area contributed by atoms with Crippen molar-refractivity contribution >= 4 is 5.91 Å². The number of benzene rings is 1. The second-order valence-corrected chi connectivity index (χ2v) is 6.59. The molecule has 0 saturated heterocycles. The van der Waals surface area contributed by atoms with Crippen LogP contribution in [0, 0.1) is 0 Å². The van der Waals surface area contributed by atoms with E-state index in [4.69, 9.17) is 0 Å². The van der Waals surface area contributed by atoms with Crippen molar-refractivity contribution in [3.05, 3.63) is 59.9 Å². The number of carbonyl (C=O) groups is 1. The van der Waals surface area contributed by atoms with Crippen LogP contribution in [0.25, 0.3) is 0 Å². The van der Waals surface area contributed by atoms with E-state index in [0.717, 1.165) is 24.1 Å². The Morgan fingerprint density at radius 3 is 2.58 bits per heavy atom. The third-order valence-electron chi connectivity index (χ3n) is 5.09. The van der Waals surface area contributed by atoms with Gasteiger partial charge in [0.1, 0.15) is 5.69 Å². The highest BCUT2D eigenvalue weighted by atomic mass is 16.3. The molecule has 128 valence electrons. The van der Waals surface area contributed by atoms with Crippen molar-refractivity contribution in [1.29, 1.82) is 0 Å². The Hall–Kier alpha value is -2.07. The molecule has 1 unspecified atom stereocenters. The summed E-state index contributed by atoms with van der Waals surface area (Å²) < 4.78 is 2.15. The fourth-order valence-corrected chi connectivity index (χ4v) is 3.78. The number of nitrogens with zero attached hydrogens (tertiary/aromatic N) is 2. The zero-order valence-electron chi connectivity index (χ0n) is 14.3. The standard InChI is InChI=1S/C20H26N2O2/c1-21(18(13-15-23)16-8-3-2-4-9-16)20(24)19-12-7-14-22(19)17-10-5-6-11-17/h2-4,7-9,12,14,17-18,23H,5-6,10-11,13,15H2,1H3. The Kier molecular flexibility index (Phi) is 5.36. The van der Waals surface area contributed by atoms with Gasteiger partial charge in [0.05, 0.1) is 6.04 Å². The highest BCUT2D eigenvalue weighted by Gasteiger charge is 2.27. The molecule has 24 heavy (non-hydrogen) atoms. The van der Waals surface area contributed by atoms with E-state index in [0.29, 0.717) is 12.5 Å². The summed E-state index contributed by atoms with van der Waals surface area (Å²) in [4.78, 5) is 14.9. The monoisotopic (exact) mass is 326 g/mol. The number of rotatable bonds is 6. The predicted octanol–water partition coefficient (Wildman–Crippen LogP) is 3.80. The minimum absolute atomic E-state index is 0.0224. The lowest BCUT2D eigenvalue weighted by Crippen LogP contribution is -2.33. The molecule has 0 radical (unpaired) electrons. The van der Waals surface area contributed by atoms with Crippen LogP contribution in [0.15, 0.2) is 48.7 Å². The maximum absolute atomic E-state index is 13.1. The second kappa shape index (κ2) is 7.67. The van der Waals surface area contributed by atoms with Gasteiger partial charge < -0.3 is 14.6 Å². The van der Waals surface area contributed by atoms with Crippen LogP contribution in [0.2, 0.25) is 0 Å². The van der Waals surface area contributed by atoms with Crippen molar-refractivity contribution in [2.45, 2.75) is 44.2 Å². The van der Waals surface area contributed by atoms with Crippen LogP contribution in [-0.4, -0.2) is 34.1 Å². The van der Waals surface area contributed by atoms with Crippen molar-refractivity contribution in [2.75, 3.05) is 13.7 Å². The number of carbonyl (C=O) groups excluding carboxylic acids is 1. The first-order chi connectivity index (χ1) is 11.7. The summed E-state index contributed by atoms with van der Waals surface area (Å²) in [5, 5.41) is 9.44. The number of aliphatic hydroxyl groups is 1. The molecule has 1 N–H and O–H groups in total. The van der Waals surface area contributed by atoms with Crippen molar-refractivity contribution in [3.8, 4) is 0 Å². The summed E-state index contributed by atoms with van der Waals surface area (Å²) in [7, 11) is 1.83.